The molecule has 0 spiro atoms. The van der Waals surface area contributed by atoms with Crippen LogP contribution in [0.4, 0.5) is 0 Å². The molecular formula is C23H17ClN4OS. The summed E-state index contributed by atoms with van der Waals surface area (Å²) in [4.78, 5) is 22.1. The Hall–Kier alpha value is -3.09. The Morgan fingerprint density at radius 1 is 0.933 bits per heavy atom. The summed E-state index contributed by atoms with van der Waals surface area (Å²) in [6.45, 7) is 0.463. The van der Waals surface area contributed by atoms with Gasteiger partial charge in [-0.1, -0.05) is 59.8 Å². The molecular weight excluding hydrogens is 416 g/mol. The summed E-state index contributed by atoms with van der Waals surface area (Å²) in [7, 11) is 0. The van der Waals surface area contributed by atoms with Gasteiger partial charge in [-0.25, -0.2) is 9.97 Å². The van der Waals surface area contributed by atoms with E-state index in [2.05, 4.69) is 5.32 Å². The molecule has 3 aromatic carbocycles. The fourth-order valence-corrected chi connectivity index (χ4v) is 4.36. The number of hydrogen-bond acceptors (Lipinski definition) is 4. The van der Waals surface area contributed by atoms with Crippen LogP contribution in [0.5, 0.6) is 0 Å². The van der Waals surface area contributed by atoms with Gasteiger partial charge in [-0.05, 0) is 42.0 Å². The summed E-state index contributed by atoms with van der Waals surface area (Å²) < 4.78 is 2.04. The van der Waals surface area contributed by atoms with Crippen LogP contribution in [0.3, 0.4) is 0 Å². The number of nitrogens with one attached hydrogen (secondary N) is 1. The molecule has 7 heteroatoms. The summed E-state index contributed by atoms with van der Waals surface area (Å²) in [5, 5.41) is 5.37. The molecule has 0 saturated carbocycles. The topological polar surface area (TPSA) is 59.3 Å². The number of carbonyl (C=O) groups is 1. The lowest BCUT2D eigenvalue weighted by atomic mass is 10.2. The van der Waals surface area contributed by atoms with Gasteiger partial charge in [0.2, 0.25) is 5.91 Å². The number of nitrogens with zero attached hydrogens (tertiary/aromatic N) is 3. The molecule has 0 fully saturated rings. The van der Waals surface area contributed by atoms with E-state index < -0.39 is 0 Å². The summed E-state index contributed by atoms with van der Waals surface area (Å²) in [6.07, 6.45) is 0. The molecule has 0 saturated heterocycles. The number of carbonyl (C=O) groups excluding carboxylic acids is 1. The molecule has 0 unspecified atom stereocenters. The summed E-state index contributed by atoms with van der Waals surface area (Å²) >= 11 is 7.32. The number of para-hydroxylation sites is 3. The zero-order chi connectivity index (χ0) is 20.5. The minimum absolute atomic E-state index is 0.0533. The van der Waals surface area contributed by atoms with E-state index in [0.29, 0.717) is 11.6 Å². The van der Waals surface area contributed by atoms with E-state index in [0.717, 1.165) is 38.3 Å². The number of fused-ring (bicyclic) bond motifs is 5. The number of amides is 1. The van der Waals surface area contributed by atoms with Gasteiger partial charge in [-0.2, -0.15) is 0 Å². The van der Waals surface area contributed by atoms with Gasteiger partial charge in [-0.3, -0.25) is 9.20 Å². The minimum Gasteiger partial charge on any atom is -0.351 e. The number of rotatable bonds is 5. The van der Waals surface area contributed by atoms with E-state index >= 15 is 0 Å². The second-order valence-corrected chi connectivity index (χ2v) is 8.24. The highest BCUT2D eigenvalue weighted by atomic mass is 35.5. The van der Waals surface area contributed by atoms with Gasteiger partial charge in [0.15, 0.2) is 5.16 Å². The van der Waals surface area contributed by atoms with E-state index in [-0.39, 0.29) is 11.7 Å². The minimum atomic E-state index is -0.0533. The van der Waals surface area contributed by atoms with Crippen LogP contribution < -0.4 is 5.32 Å². The standard InChI is InChI=1S/C23H17ClN4OS/c24-16-11-9-15(10-12-16)13-25-21(29)14-30-23-27-18-6-2-1-5-17(18)22-26-19-7-3-4-8-20(19)28(22)23/h1-12H,13-14H2,(H,25,29). The summed E-state index contributed by atoms with van der Waals surface area (Å²) in [6, 6.07) is 23.4. The molecule has 0 aliphatic rings. The van der Waals surface area contributed by atoms with Gasteiger partial charge in [-0.15, -0.1) is 0 Å². The van der Waals surface area contributed by atoms with Crippen molar-refractivity contribution in [1.82, 2.24) is 19.7 Å². The van der Waals surface area contributed by atoms with E-state index in [1.165, 1.54) is 11.8 Å². The number of benzene rings is 3. The molecule has 1 N–H and O–H groups in total. The Kier molecular flexibility index (Phi) is 5.02. The lowest BCUT2D eigenvalue weighted by Crippen LogP contribution is -2.24. The third-order valence-electron chi connectivity index (χ3n) is 4.85. The first-order valence-corrected chi connectivity index (χ1v) is 10.9. The highest BCUT2D eigenvalue weighted by Crippen LogP contribution is 2.28. The largest absolute Gasteiger partial charge is 0.351 e. The smallest absolute Gasteiger partial charge is 0.230 e. The maximum Gasteiger partial charge on any atom is 0.230 e. The maximum absolute atomic E-state index is 12.4. The van der Waals surface area contributed by atoms with Gasteiger partial charge >= 0.3 is 0 Å². The third kappa shape index (κ3) is 3.60. The zero-order valence-corrected chi connectivity index (χ0v) is 17.5. The second-order valence-electron chi connectivity index (χ2n) is 6.86. The van der Waals surface area contributed by atoms with Crippen LogP contribution in [0.15, 0.2) is 78.0 Å². The molecule has 148 valence electrons. The van der Waals surface area contributed by atoms with Crippen molar-refractivity contribution in [2.75, 3.05) is 5.75 Å². The molecule has 1 amide bonds. The Balaban J connectivity index is 1.43. The first-order valence-electron chi connectivity index (χ1n) is 9.49. The summed E-state index contributed by atoms with van der Waals surface area (Å²) in [5.74, 6) is 0.211. The van der Waals surface area contributed by atoms with E-state index in [9.17, 15) is 4.79 Å². The monoisotopic (exact) mass is 432 g/mol. The average Bonchev–Trinajstić information content (AvgIpc) is 3.17. The predicted molar refractivity (Wildman–Crippen MR) is 122 cm³/mol. The molecule has 5 aromatic rings. The number of aromatic nitrogens is 3. The molecule has 5 rings (SSSR count). The number of thioether (sulfide) groups is 1. The van der Waals surface area contributed by atoms with Gasteiger partial charge in [0, 0.05) is 17.0 Å². The van der Waals surface area contributed by atoms with Crippen molar-refractivity contribution in [2.45, 2.75) is 11.7 Å². The summed E-state index contributed by atoms with van der Waals surface area (Å²) in [5.41, 5.74) is 4.61. The molecule has 0 atom stereocenters. The van der Waals surface area contributed by atoms with E-state index in [1.54, 1.807) is 0 Å². The van der Waals surface area contributed by atoms with Gasteiger partial charge in [0.05, 0.1) is 22.3 Å². The Bertz CT molecular complexity index is 1380. The first kappa shape index (κ1) is 18.9. The molecule has 0 bridgehead atoms. The van der Waals surface area contributed by atoms with Crippen molar-refractivity contribution in [3.63, 3.8) is 0 Å². The van der Waals surface area contributed by atoms with Crippen molar-refractivity contribution in [3.8, 4) is 0 Å². The lowest BCUT2D eigenvalue weighted by molar-refractivity contribution is -0.118. The van der Waals surface area contributed by atoms with Crippen molar-refractivity contribution in [3.05, 3.63) is 83.4 Å². The second kappa shape index (κ2) is 7.97. The number of imidazole rings is 1. The molecule has 2 aromatic heterocycles. The van der Waals surface area contributed by atoms with Crippen LogP contribution in [-0.2, 0) is 11.3 Å². The Morgan fingerprint density at radius 2 is 1.67 bits per heavy atom. The highest BCUT2D eigenvalue weighted by molar-refractivity contribution is 7.99. The van der Waals surface area contributed by atoms with Crippen molar-refractivity contribution >= 4 is 56.9 Å². The molecule has 0 aliphatic carbocycles. The van der Waals surface area contributed by atoms with Crippen molar-refractivity contribution in [1.29, 1.82) is 0 Å². The van der Waals surface area contributed by atoms with Crippen LogP contribution in [-0.4, -0.2) is 26.0 Å². The van der Waals surface area contributed by atoms with Crippen LogP contribution in [0.1, 0.15) is 5.56 Å². The highest BCUT2D eigenvalue weighted by Gasteiger charge is 2.15. The van der Waals surface area contributed by atoms with Gasteiger partial charge in [0.1, 0.15) is 5.65 Å². The Labute approximate surface area is 182 Å². The lowest BCUT2D eigenvalue weighted by Gasteiger charge is -2.09. The fraction of sp³-hybridized carbons (Fsp3) is 0.0870. The number of halogens is 1. The van der Waals surface area contributed by atoms with Crippen LogP contribution in [0, 0.1) is 0 Å². The van der Waals surface area contributed by atoms with Crippen molar-refractivity contribution < 1.29 is 4.79 Å². The average molecular weight is 433 g/mol. The predicted octanol–water partition coefficient (Wildman–Crippen LogP) is 5.10. The number of hydrogen-bond donors (Lipinski definition) is 1. The third-order valence-corrected chi connectivity index (χ3v) is 6.04. The van der Waals surface area contributed by atoms with Crippen LogP contribution in [0.2, 0.25) is 5.02 Å². The SMILES string of the molecule is O=C(CSc1nc2ccccc2c2nc3ccccc3n12)NCc1ccc(Cl)cc1. The fourth-order valence-electron chi connectivity index (χ4n) is 3.39. The van der Waals surface area contributed by atoms with Gasteiger partial charge < -0.3 is 5.32 Å². The van der Waals surface area contributed by atoms with Crippen LogP contribution in [0.25, 0.3) is 27.6 Å². The quantitative estimate of drug-likeness (QED) is 0.310. The first-order chi connectivity index (χ1) is 14.7. The molecule has 30 heavy (non-hydrogen) atoms. The molecule has 0 radical (unpaired) electrons. The molecule has 2 heterocycles. The molecule has 0 aliphatic heterocycles. The van der Waals surface area contributed by atoms with Crippen molar-refractivity contribution in [2.24, 2.45) is 0 Å². The molecule has 5 nitrogen and oxygen atoms in total. The van der Waals surface area contributed by atoms with Gasteiger partial charge in [0.25, 0.3) is 0 Å². The van der Waals surface area contributed by atoms with Crippen LogP contribution >= 0.6 is 23.4 Å². The van der Waals surface area contributed by atoms with E-state index in [1.807, 2.05) is 77.2 Å². The Morgan fingerprint density at radius 3 is 2.50 bits per heavy atom. The zero-order valence-electron chi connectivity index (χ0n) is 15.9. The van der Waals surface area contributed by atoms with E-state index in [4.69, 9.17) is 21.6 Å². The normalized spacial score (nSPS) is 11.4. The maximum atomic E-state index is 12.4.